The lowest BCUT2D eigenvalue weighted by atomic mass is 10.2. The second-order valence-corrected chi connectivity index (χ2v) is 4.73. The molecule has 0 aliphatic heterocycles. The van der Waals surface area contributed by atoms with Crippen molar-refractivity contribution in [1.82, 2.24) is 4.57 Å². The molecule has 2 nitrogen and oxygen atoms in total. The molecule has 2 aromatic rings. The quantitative estimate of drug-likeness (QED) is 0.770. The van der Waals surface area contributed by atoms with Crippen molar-refractivity contribution in [2.45, 2.75) is 0 Å². The predicted molar refractivity (Wildman–Crippen MR) is 68.3 cm³/mol. The SMILES string of the molecule is O=C(c1c(Cl)cccc1Cl)n1cccc1Br. The fourth-order valence-corrected chi connectivity index (χ4v) is 2.34. The van der Waals surface area contributed by atoms with Crippen molar-refractivity contribution in [2.24, 2.45) is 0 Å². The Labute approximate surface area is 111 Å². The average Bonchev–Trinajstić information content (AvgIpc) is 2.64. The van der Waals surface area contributed by atoms with Gasteiger partial charge in [0.25, 0.3) is 5.91 Å². The van der Waals surface area contributed by atoms with Gasteiger partial charge in [0.1, 0.15) is 0 Å². The van der Waals surface area contributed by atoms with E-state index >= 15 is 0 Å². The third kappa shape index (κ3) is 2.03. The lowest BCUT2D eigenvalue weighted by molar-refractivity contribution is 0.0958. The number of rotatable bonds is 1. The first-order valence-corrected chi connectivity index (χ1v) is 5.97. The Bertz CT molecular complexity index is 530. The predicted octanol–water partition coefficient (Wildman–Crippen LogP) is 4.25. The molecule has 0 amide bonds. The van der Waals surface area contributed by atoms with Crippen LogP contribution in [0.4, 0.5) is 0 Å². The Hall–Kier alpha value is -0.770. The van der Waals surface area contributed by atoms with Crippen LogP contribution in [0.2, 0.25) is 10.0 Å². The van der Waals surface area contributed by atoms with Crippen LogP contribution in [0.5, 0.6) is 0 Å². The van der Waals surface area contributed by atoms with Crippen LogP contribution in [0, 0.1) is 0 Å². The Kier molecular flexibility index (Phi) is 3.38. The zero-order valence-electron chi connectivity index (χ0n) is 7.95. The fourth-order valence-electron chi connectivity index (χ4n) is 1.35. The summed E-state index contributed by atoms with van der Waals surface area (Å²) in [6.07, 6.45) is 1.64. The smallest absolute Gasteiger partial charge is 0.265 e. The third-order valence-electron chi connectivity index (χ3n) is 2.09. The van der Waals surface area contributed by atoms with Crippen molar-refractivity contribution in [1.29, 1.82) is 0 Å². The highest BCUT2D eigenvalue weighted by molar-refractivity contribution is 9.10. The van der Waals surface area contributed by atoms with Gasteiger partial charge in [-0.1, -0.05) is 29.3 Å². The molecule has 0 radical (unpaired) electrons. The van der Waals surface area contributed by atoms with E-state index in [1.165, 1.54) is 4.57 Å². The first-order valence-electron chi connectivity index (χ1n) is 4.43. The van der Waals surface area contributed by atoms with Crippen molar-refractivity contribution in [3.63, 3.8) is 0 Å². The number of hydrogen-bond donors (Lipinski definition) is 0. The second-order valence-electron chi connectivity index (χ2n) is 3.10. The number of halogens is 3. The minimum atomic E-state index is -0.257. The zero-order chi connectivity index (χ0) is 11.7. The van der Waals surface area contributed by atoms with E-state index in [0.717, 1.165) is 0 Å². The van der Waals surface area contributed by atoms with Crippen LogP contribution in [-0.2, 0) is 0 Å². The maximum atomic E-state index is 12.1. The van der Waals surface area contributed by atoms with Crippen molar-refractivity contribution in [3.8, 4) is 0 Å². The van der Waals surface area contributed by atoms with E-state index in [1.54, 1.807) is 36.5 Å². The molecule has 1 aromatic heterocycles. The molecular weight excluding hydrogens is 313 g/mol. The second kappa shape index (κ2) is 4.62. The lowest BCUT2D eigenvalue weighted by Gasteiger charge is -2.07. The van der Waals surface area contributed by atoms with Crippen LogP contribution >= 0.6 is 39.1 Å². The Morgan fingerprint density at radius 2 is 1.75 bits per heavy atom. The molecule has 5 heteroatoms. The summed E-state index contributed by atoms with van der Waals surface area (Å²) in [7, 11) is 0. The molecule has 0 unspecified atom stereocenters. The summed E-state index contributed by atoms with van der Waals surface area (Å²) >= 11 is 15.2. The number of benzene rings is 1. The van der Waals surface area contributed by atoms with Crippen molar-refractivity contribution >= 4 is 45.0 Å². The lowest BCUT2D eigenvalue weighted by Crippen LogP contribution is -2.12. The molecule has 0 N–H and O–H groups in total. The van der Waals surface area contributed by atoms with Gasteiger partial charge in [-0.2, -0.15) is 0 Å². The summed E-state index contributed by atoms with van der Waals surface area (Å²) in [5, 5.41) is 0.691. The summed E-state index contributed by atoms with van der Waals surface area (Å²) in [5.41, 5.74) is 0.308. The Morgan fingerprint density at radius 3 is 2.25 bits per heavy atom. The number of carbonyl (C=O) groups excluding carboxylic acids is 1. The molecule has 1 heterocycles. The van der Waals surface area contributed by atoms with Gasteiger partial charge in [-0.25, -0.2) is 0 Å². The van der Waals surface area contributed by atoms with Gasteiger partial charge in [-0.05, 0) is 40.2 Å². The monoisotopic (exact) mass is 317 g/mol. The summed E-state index contributed by atoms with van der Waals surface area (Å²) in [5.74, 6) is -0.257. The molecule has 0 bridgehead atoms. The van der Waals surface area contributed by atoms with E-state index in [2.05, 4.69) is 15.9 Å². The van der Waals surface area contributed by atoms with E-state index in [0.29, 0.717) is 20.2 Å². The maximum Gasteiger partial charge on any atom is 0.265 e. The molecule has 0 fully saturated rings. The number of nitrogens with zero attached hydrogens (tertiary/aromatic N) is 1. The zero-order valence-corrected chi connectivity index (χ0v) is 11.1. The van der Waals surface area contributed by atoms with Crippen LogP contribution < -0.4 is 0 Å². The largest absolute Gasteiger partial charge is 0.277 e. The van der Waals surface area contributed by atoms with Crippen LogP contribution in [-0.4, -0.2) is 10.5 Å². The molecule has 16 heavy (non-hydrogen) atoms. The van der Waals surface area contributed by atoms with E-state index < -0.39 is 0 Å². The Morgan fingerprint density at radius 1 is 1.12 bits per heavy atom. The van der Waals surface area contributed by atoms with Gasteiger partial charge in [0.15, 0.2) is 0 Å². The molecule has 0 aliphatic carbocycles. The van der Waals surface area contributed by atoms with Gasteiger partial charge < -0.3 is 0 Å². The van der Waals surface area contributed by atoms with Gasteiger partial charge >= 0.3 is 0 Å². The van der Waals surface area contributed by atoms with Gasteiger partial charge in [0, 0.05) is 6.20 Å². The molecule has 0 saturated heterocycles. The molecule has 82 valence electrons. The molecule has 2 rings (SSSR count). The van der Waals surface area contributed by atoms with Crippen molar-refractivity contribution in [3.05, 3.63) is 56.7 Å². The number of aromatic nitrogens is 1. The summed E-state index contributed by atoms with van der Waals surface area (Å²) in [4.78, 5) is 12.1. The van der Waals surface area contributed by atoms with E-state index in [-0.39, 0.29) is 5.91 Å². The minimum absolute atomic E-state index is 0.257. The summed E-state index contributed by atoms with van der Waals surface area (Å²) in [6, 6.07) is 8.50. The van der Waals surface area contributed by atoms with Crippen LogP contribution in [0.1, 0.15) is 10.4 Å². The van der Waals surface area contributed by atoms with Crippen LogP contribution in [0.15, 0.2) is 41.1 Å². The van der Waals surface area contributed by atoms with Crippen molar-refractivity contribution < 1.29 is 4.79 Å². The third-order valence-corrected chi connectivity index (χ3v) is 3.37. The topological polar surface area (TPSA) is 22.0 Å². The Balaban J connectivity index is 2.54. The van der Waals surface area contributed by atoms with E-state index in [9.17, 15) is 4.79 Å². The fraction of sp³-hybridized carbons (Fsp3) is 0. The maximum absolute atomic E-state index is 12.1. The van der Waals surface area contributed by atoms with Crippen LogP contribution in [0.3, 0.4) is 0 Å². The average molecular weight is 319 g/mol. The van der Waals surface area contributed by atoms with E-state index in [4.69, 9.17) is 23.2 Å². The standard InChI is InChI=1S/C11H6BrCl2NO/c12-9-5-2-6-15(9)11(16)10-7(13)3-1-4-8(10)14/h1-6H. The van der Waals surface area contributed by atoms with Crippen molar-refractivity contribution in [2.75, 3.05) is 0 Å². The van der Waals surface area contributed by atoms with Gasteiger partial charge in [0.2, 0.25) is 0 Å². The van der Waals surface area contributed by atoms with Gasteiger partial charge in [-0.15, -0.1) is 0 Å². The molecule has 0 atom stereocenters. The van der Waals surface area contributed by atoms with Gasteiger partial charge in [-0.3, -0.25) is 9.36 Å². The van der Waals surface area contributed by atoms with Gasteiger partial charge in [0.05, 0.1) is 20.2 Å². The number of hydrogen-bond acceptors (Lipinski definition) is 1. The normalized spacial score (nSPS) is 10.4. The summed E-state index contributed by atoms with van der Waals surface area (Å²) in [6.45, 7) is 0. The molecule has 0 saturated carbocycles. The first kappa shape index (κ1) is 11.7. The summed E-state index contributed by atoms with van der Waals surface area (Å²) < 4.78 is 2.10. The number of carbonyl (C=O) groups is 1. The molecular formula is C11H6BrCl2NO. The first-order chi connectivity index (χ1) is 7.61. The molecule has 0 spiro atoms. The minimum Gasteiger partial charge on any atom is -0.277 e. The molecule has 0 aliphatic rings. The highest BCUT2D eigenvalue weighted by atomic mass is 79.9. The molecule has 1 aromatic carbocycles. The van der Waals surface area contributed by atoms with Crippen LogP contribution in [0.25, 0.3) is 0 Å². The van der Waals surface area contributed by atoms with E-state index in [1.807, 2.05) is 0 Å². The highest BCUT2D eigenvalue weighted by Gasteiger charge is 2.17. The highest BCUT2D eigenvalue weighted by Crippen LogP contribution is 2.26.